The summed E-state index contributed by atoms with van der Waals surface area (Å²) in [5, 5.41) is 5.57. The summed E-state index contributed by atoms with van der Waals surface area (Å²) in [6, 6.07) is 13.7. The van der Waals surface area contributed by atoms with E-state index in [-0.39, 0.29) is 6.42 Å². The molecule has 0 aromatic heterocycles. The Morgan fingerprint density at radius 2 is 1.31 bits per heavy atom. The van der Waals surface area contributed by atoms with Crippen LogP contribution in [0.25, 0.3) is 0 Å². The molecule has 3 unspecified atom stereocenters. The quantitative estimate of drug-likeness (QED) is 0.269. The third-order valence-electron chi connectivity index (χ3n) is 7.36. The smallest absolute Gasteiger partial charge is 0.408 e. The molecule has 3 amide bonds. The number of carbonyl (C=O) groups excluding carboxylic acids is 4. The van der Waals surface area contributed by atoms with Gasteiger partial charge in [0.15, 0.2) is 0 Å². The fourth-order valence-corrected chi connectivity index (χ4v) is 4.72. The van der Waals surface area contributed by atoms with Gasteiger partial charge in [0.25, 0.3) is 0 Å². The van der Waals surface area contributed by atoms with Gasteiger partial charge in [-0.2, -0.15) is 0 Å². The van der Waals surface area contributed by atoms with E-state index in [2.05, 4.69) is 10.6 Å². The van der Waals surface area contributed by atoms with Crippen LogP contribution >= 0.6 is 0 Å². The van der Waals surface area contributed by atoms with Crippen molar-refractivity contribution in [3.8, 4) is 0 Å². The summed E-state index contributed by atoms with van der Waals surface area (Å²) in [5.41, 5.74) is 0.130. The topological polar surface area (TPSA) is 114 Å². The molecule has 0 heterocycles. The van der Waals surface area contributed by atoms with E-state index < -0.39 is 58.7 Å². The van der Waals surface area contributed by atoms with Gasteiger partial charge in [0.1, 0.15) is 29.3 Å². The highest BCUT2D eigenvalue weighted by Crippen LogP contribution is 2.33. The monoisotopic (exact) mass is 623 g/mol. The lowest BCUT2D eigenvalue weighted by molar-refractivity contribution is -0.159. The average Bonchev–Trinajstić information content (AvgIpc) is 2.93. The van der Waals surface area contributed by atoms with Crippen LogP contribution in [0.4, 0.5) is 4.79 Å². The summed E-state index contributed by atoms with van der Waals surface area (Å²) in [6.07, 6.45) is 0.770. The van der Waals surface area contributed by atoms with Crippen LogP contribution in [0.3, 0.4) is 0 Å². The molecular formula is C36H53N3O6. The summed E-state index contributed by atoms with van der Waals surface area (Å²) in [4.78, 5) is 56.4. The molecule has 0 aliphatic carbocycles. The normalized spacial score (nSPS) is 14.0. The fraction of sp³-hybridized carbons (Fsp3) is 0.556. The van der Waals surface area contributed by atoms with Gasteiger partial charge in [0.05, 0.1) is 0 Å². The Morgan fingerprint density at radius 3 is 1.80 bits per heavy atom. The third-order valence-corrected chi connectivity index (χ3v) is 7.36. The van der Waals surface area contributed by atoms with Crippen molar-refractivity contribution >= 4 is 23.9 Å². The average molecular weight is 624 g/mol. The van der Waals surface area contributed by atoms with Crippen LogP contribution in [-0.2, 0) is 36.7 Å². The summed E-state index contributed by atoms with van der Waals surface area (Å²) < 4.78 is 11.1. The number of nitrogens with zero attached hydrogens (tertiary/aromatic N) is 1. The van der Waals surface area contributed by atoms with Crippen LogP contribution in [0, 0.1) is 0 Å². The molecule has 0 saturated heterocycles. The number of alkyl carbamates (subject to hydrolysis) is 1. The summed E-state index contributed by atoms with van der Waals surface area (Å²) in [7, 11) is 0. The van der Waals surface area contributed by atoms with Crippen molar-refractivity contribution in [3.05, 3.63) is 71.3 Å². The van der Waals surface area contributed by atoms with Crippen LogP contribution < -0.4 is 10.6 Å². The van der Waals surface area contributed by atoms with Gasteiger partial charge >= 0.3 is 12.1 Å². The number of benzene rings is 2. The largest absolute Gasteiger partial charge is 0.458 e. The zero-order chi connectivity index (χ0) is 34.2. The lowest BCUT2D eigenvalue weighted by Gasteiger charge is -2.44. The number of hydrogen-bond acceptors (Lipinski definition) is 6. The first-order chi connectivity index (χ1) is 20.8. The minimum absolute atomic E-state index is 0.199. The molecule has 2 aromatic carbocycles. The molecule has 0 fully saturated rings. The Kier molecular flexibility index (Phi) is 12.8. The number of nitrogens with one attached hydrogen (secondary N) is 2. The summed E-state index contributed by atoms with van der Waals surface area (Å²) >= 11 is 0. The van der Waals surface area contributed by atoms with Gasteiger partial charge < -0.3 is 25.0 Å². The maximum Gasteiger partial charge on any atom is 0.408 e. The standard InChI is InChI=1S/C36H53N3O6/c1-12-25-19-21-27(22-20-25)29(39(36(10,11)13-2)31(41)24(3)37-33(43)45-35(7,8)9)30(40)38-28(32(42)44-34(4,5)6)23-26-17-15-14-16-18-26/h14-22,24,28-29H,12-13,23H2,1-11H3,(H,37,43)(H,38,40). The second-order valence-electron chi connectivity index (χ2n) is 14.0. The van der Waals surface area contributed by atoms with E-state index >= 15 is 0 Å². The van der Waals surface area contributed by atoms with E-state index in [0.717, 1.165) is 17.5 Å². The minimum Gasteiger partial charge on any atom is -0.458 e. The fourth-order valence-electron chi connectivity index (χ4n) is 4.72. The number of rotatable bonds is 12. The first kappa shape index (κ1) is 37.3. The first-order valence-corrected chi connectivity index (χ1v) is 15.8. The molecule has 9 nitrogen and oxygen atoms in total. The second kappa shape index (κ2) is 15.4. The lowest BCUT2D eigenvalue weighted by Crippen LogP contribution is -2.59. The van der Waals surface area contributed by atoms with Gasteiger partial charge in [-0.05, 0) is 91.8 Å². The molecule has 2 aromatic rings. The maximum absolute atomic E-state index is 14.5. The highest BCUT2D eigenvalue weighted by Gasteiger charge is 2.43. The number of amides is 3. The second-order valence-corrected chi connectivity index (χ2v) is 14.0. The number of aryl methyl sites for hydroxylation is 1. The van der Waals surface area contributed by atoms with Crippen LogP contribution in [0.2, 0.25) is 0 Å². The predicted molar refractivity (Wildman–Crippen MR) is 177 cm³/mol. The van der Waals surface area contributed by atoms with Crippen molar-refractivity contribution in [3.63, 3.8) is 0 Å². The molecule has 248 valence electrons. The van der Waals surface area contributed by atoms with E-state index in [1.807, 2.05) is 82.3 Å². The van der Waals surface area contributed by atoms with Crippen LogP contribution in [0.1, 0.15) is 105 Å². The third kappa shape index (κ3) is 11.5. The van der Waals surface area contributed by atoms with Gasteiger partial charge in [0.2, 0.25) is 11.8 Å². The number of carbonyl (C=O) groups is 4. The Morgan fingerprint density at radius 1 is 0.756 bits per heavy atom. The SMILES string of the molecule is CCc1ccc(C(C(=O)NC(Cc2ccccc2)C(=O)OC(C)(C)C)N(C(=O)C(C)NC(=O)OC(C)(C)C)C(C)(C)CC)cc1. The first-order valence-electron chi connectivity index (χ1n) is 15.8. The Bertz CT molecular complexity index is 1290. The molecule has 0 aliphatic heterocycles. The van der Waals surface area contributed by atoms with Crippen molar-refractivity contribution in [1.29, 1.82) is 0 Å². The molecule has 0 spiro atoms. The molecule has 2 rings (SSSR count). The molecule has 0 bridgehead atoms. The summed E-state index contributed by atoms with van der Waals surface area (Å²) in [5.74, 6) is -1.58. The van der Waals surface area contributed by atoms with Gasteiger partial charge in [-0.25, -0.2) is 9.59 Å². The molecule has 0 saturated carbocycles. The van der Waals surface area contributed by atoms with Crippen LogP contribution in [-0.4, -0.2) is 57.6 Å². The maximum atomic E-state index is 14.5. The van der Waals surface area contributed by atoms with Crippen molar-refractivity contribution in [2.24, 2.45) is 0 Å². The molecule has 45 heavy (non-hydrogen) atoms. The van der Waals surface area contributed by atoms with Crippen molar-refractivity contribution in [2.45, 2.75) is 130 Å². The number of esters is 1. The van der Waals surface area contributed by atoms with Crippen molar-refractivity contribution < 1.29 is 28.7 Å². The molecule has 0 radical (unpaired) electrons. The zero-order valence-electron chi connectivity index (χ0n) is 28.9. The number of ether oxygens (including phenoxy) is 2. The minimum atomic E-state index is -1.12. The predicted octanol–water partition coefficient (Wildman–Crippen LogP) is 6.29. The molecule has 2 N–H and O–H groups in total. The van der Waals surface area contributed by atoms with Crippen LogP contribution in [0.5, 0.6) is 0 Å². The van der Waals surface area contributed by atoms with Crippen molar-refractivity contribution in [2.75, 3.05) is 0 Å². The van der Waals surface area contributed by atoms with E-state index in [1.165, 1.54) is 4.90 Å². The van der Waals surface area contributed by atoms with E-state index in [0.29, 0.717) is 12.0 Å². The number of hydrogen-bond donors (Lipinski definition) is 2. The Hall–Kier alpha value is -3.88. The lowest BCUT2D eigenvalue weighted by atomic mass is 9.91. The van der Waals surface area contributed by atoms with Crippen molar-refractivity contribution in [1.82, 2.24) is 15.5 Å². The van der Waals surface area contributed by atoms with Gasteiger partial charge in [-0.3, -0.25) is 9.59 Å². The summed E-state index contributed by atoms with van der Waals surface area (Å²) in [6.45, 7) is 19.8. The van der Waals surface area contributed by atoms with E-state index in [4.69, 9.17) is 9.47 Å². The van der Waals surface area contributed by atoms with E-state index in [1.54, 1.807) is 48.5 Å². The Balaban J connectivity index is 2.62. The van der Waals surface area contributed by atoms with Gasteiger partial charge in [-0.15, -0.1) is 0 Å². The molecular weight excluding hydrogens is 570 g/mol. The van der Waals surface area contributed by atoms with Crippen LogP contribution in [0.15, 0.2) is 54.6 Å². The van der Waals surface area contributed by atoms with Gasteiger partial charge in [0, 0.05) is 12.0 Å². The van der Waals surface area contributed by atoms with Gasteiger partial charge in [-0.1, -0.05) is 68.4 Å². The Labute approximate surface area is 269 Å². The molecule has 3 atom stereocenters. The molecule has 0 aliphatic rings. The zero-order valence-corrected chi connectivity index (χ0v) is 28.9. The highest BCUT2D eigenvalue weighted by molar-refractivity contribution is 5.94. The van der Waals surface area contributed by atoms with E-state index in [9.17, 15) is 19.2 Å². The molecule has 9 heteroatoms. The highest BCUT2D eigenvalue weighted by atomic mass is 16.6.